The Morgan fingerprint density at radius 2 is 1.70 bits per heavy atom. The van der Waals surface area contributed by atoms with Crippen LogP contribution in [0.5, 0.6) is 0 Å². The summed E-state index contributed by atoms with van der Waals surface area (Å²) >= 11 is 0. The van der Waals surface area contributed by atoms with Crippen LogP contribution in [0.15, 0.2) is 11.6 Å². The standard InChI is InChI=1S/C27H42O5Si/c1-16(28)17-10-12-27(32-33(6,7)8)19-13-21(29)20-14-22-23(31-24(2,3)30-22)15-25(20,4)18(19)9-11-26(17,27)5/h13,17-18,20,22-23H,9-12,14-15H2,1-8H3/t17-,18+,20+,22-,23+,25-,26-,27-/m1/s1. The fourth-order valence-electron chi connectivity index (χ4n) is 8.71. The summed E-state index contributed by atoms with van der Waals surface area (Å²) in [4.78, 5) is 26.5. The summed E-state index contributed by atoms with van der Waals surface area (Å²) in [6.45, 7) is 17.0. The van der Waals surface area contributed by atoms with Gasteiger partial charge < -0.3 is 13.9 Å². The van der Waals surface area contributed by atoms with Crippen molar-refractivity contribution in [2.75, 3.05) is 0 Å². The van der Waals surface area contributed by atoms with Crippen molar-refractivity contribution in [3.8, 4) is 0 Å². The largest absolute Gasteiger partial charge is 0.408 e. The van der Waals surface area contributed by atoms with Gasteiger partial charge in [0.1, 0.15) is 5.78 Å². The minimum Gasteiger partial charge on any atom is -0.408 e. The van der Waals surface area contributed by atoms with Crippen LogP contribution in [0.2, 0.25) is 19.6 Å². The van der Waals surface area contributed by atoms with Gasteiger partial charge in [0.25, 0.3) is 0 Å². The lowest BCUT2D eigenvalue weighted by molar-refractivity contribution is -0.147. The first-order valence-corrected chi connectivity index (χ1v) is 16.3. The van der Waals surface area contributed by atoms with E-state index in [1.165, 1.54) is 5.57 Å². The second-order valence-corrected chi connectivity index (χ2v) is 17.9. The van der Waals surface area contributed by atoms with Crippen molar-refractivity contribution >= 4 is 19.9 Å². The Kier molecular flexibility index (Phi) is 5.15. The van der Waals surface area contributed by atoms with Crippen LogP contribution >= 0.6 is 0 Å². The third kappa shape index (κ3) is 3.34. The molecule has 0 radical (unpaired) electrons. The molecule has 1 saturated heterocycles. The van der Waals surface area contributed by atoms with Crippen LogP contribution in [0.1, 0.15) is 73.1 Å². The molecule has 184 valence electrons. The number of ketones is 2. The molecule has 0 aromatic rings. The first-order valence-electron chi connectivity index (χ1n) is 12.9. The van der Waals surface area contributed by atoms with Gasteiger partial charge in [-0.3, -0.25) is 9.59 Å². The van der Waals surface area contributed by atoms with Crippen molar-refractivity contribution in [2.45, 2.75) is 116 Å². The minimum atomic E-state index is -1.97. The lowest BCUT2D eigenvalue weighted by atomic mass is 9.46. The highest BCUT2D eigenvalue weighted by Crippen LogP contribution is 2.69. The zero-order valence-corrected chi connectivity index (χ0v) is 22.7. The molecule has 33 heavy (non-hydrogen) atoms. The maximum absolute atomic E-state index is 13.8. The number of hydrogen-bond donors (Lipinski definition) is 0. The normalized spacial score (nSPS) is 48.4. The number of allylic oxidation sites excluding steroid dienone is 1. The molecule has 4 aliphatic carbocycles. The molecule has 0 bridgehead atoms. The summed E-state index contributed by atoms with van der Waals surface area (Å²) in [5.74, 6) is 0.144. The van der Waals surface area contributed by atoms with E-state index in [9.17, 15) is 9.59 Å². The van der Waals surface area contributed by atoms with Crippen LogP contribution in [-0.2, 0) is 23.5 Å². The maximum atomic E-state index is 13.8. The van der Waals surface area contributed by atoms with Crippen molar-refractivity contribution in [2.24, 2.45) is 28.6 Å². The second kappa shape index (κ2) is 7.11. The van der Waals surface area contributed by atoms with Gasteiger partial charge in [0, 0.05) is 17.3 Å². The van der Waals surface area contributed by atoms with Crippen LogP contribution in [-0.4, -0.2) is 43.5 Å². The van der Waals surface area contributed by atoms with E-state index in [0.717, 1.165) is 38.5 Å². The molecular weight excluding hydrogens is 432 g/mol. The quantitative estimate of drug-likeness (QED) is 0.510. The molecular formula is C27H42O5Si. The van der Waals surface area contributed by atoms with Crippen LogP contribution in [0, 0.1) is 28.6 Å². The Hall–Kier alpha value is -0.823. The van der Waals surface area contributed by atoms with Crippen LogP contribution in [0.3, 0.4) is 0 Å². The van der Waals surface area contributed by atoms with Gasteiger partial charge in [-0.25, -0.2) is 0 Å². The molecule has 0 spiro atoms. The predicted octanol–water partition coefficient (Wildman–Crippen LogP) is 5.44. The molecule has 5 aliphatic rings. The van der Waals surface area contributed by atoms with E-state index >= 15 is 0 Å². The molecule has 5 rings (SSSR count). The zero-order chi connectivity index (χ0) is 24.2. The van der Waals surface area contributed by atoms with Crippen molar-refractivity contribution in [1.29, 1.82) is 0 Å². The number of carbonyl (C=O) groups is 2. The molecule has 1 heterocycles. The molecule has 5 nitrogen and oxygen atoms in total. The number of Topliss-reactive ketones (excluding diaryl/α,β-unsaturated/α-hetero) is 1. The van der Waals surface area contributed by atoms with E-state index in [1.807, 2.05) is 19.9 Å². The predicted molar refractivity (Wildman–Crippen MR) is 129 cm³/mol. The smallest absolute Gasteiger partial charge is 0.184 e. The topological polar surface area (TPSA) is 61.8 Å². The lowest BCUT2D eigenvalue weighted by Crippen LogP contribution is -2.63. The molecule has 3 saturated carbocycles. The molecule has 0 N–H and O–H groups in total. The summed E-state index contributed by atoms with van der Waals surface area (Å²) in [5, 5.41) is 0. The minimum absolute atomic E-state index is 0.000525. The first kappa shape index (κ1) is 23.9. The van der Waals surface area contributed by atoms with Gasteiger partial charge in [-0.15, -0.1) is 0 Å². The van der Waals surface area contributed by atoms with E-state index in [1.54, 1.807) is 6.92 Å². The van der Waals surface area contributed by atoms with Crippen molar-refractivity contribution in [3.63, 3.8) is 0 Å². The SMILES string of the molecule is CC(=O)[C@H]1CC[C@@]2(O[Si](C)(C)C)C3=CC(=O)[C@@H]4C[C@H]5OC(C)(C)O[C@H]5C[C@]4(C)[C@H]3CC[C@]12C. The molecule has 0 amide bonds. The fourth-order valence-corrected chi connectivity index (χ4v) is 10.2. The van der Waals surface area contributed by atoms with Gasteiger partial charge in [0.15, 0.2) is 19.9 Å². The van der Waals surface area contributed by atoms with E-state index in [0.29, 0.717) is 0 Å². The molecule has 0 unspecified atom stereocenters. The Morgan fingerprint density at radius 3 is 2.33 bits per heavy atom. The van der Waals surface area contributed by atoms with Crippen molar-refractivity contribution < 1.29 is 23.5 Å². The highest BCUT2D eigenvalue weighted by molar-refractivity contribution is 6.69. The van der Waals surface area contributed by atoms with Crippen molar-refractivity contribution in [1.82, 2.24) is 0 Å². The fraction of sp³-hybridized carbons (Fsp3) is 0.852. The van der Waals surface area contributed by atoms with Gasteiger partial charge in [-0.05, 0) is 102 Å². The zero-order valence-electron chi connectivity index (χ0n) is 21.7. The molecule has 0 aromatic heterocycles. The highest BCUT2D eigenvalue weighted by atomic mass is 28.4. The third-order valence-corrected chi connectivity index (χ3v) is 10.8. The Bertz CT molecular complexity index is 918. The van der Waals surface area contributed by atoms with Crippen molar-refractivity contribution in [3.05, 3.63) is 11.6 Å². The molecule has 1 aliphatic heterocycles. The number of rotatable bonds is 3. The third-order valence-electron chi connectivity index (χ3n) is 9.87. The van der Waals surface area contributed by atoms with Gasteiger partial charge in [-0.1, -0.05) is 13.8 Å². The highest BCUT2D eigenvalue weighted by Gasteiger charge is 2.69. The Balaban J connectivity index is 1.61. The van der Waals surface area contributed by atoms with E-state index in [2.05, 4.69) is 33.5 Å². The molecule has 0 aromatic carbocycles. The van der Waals surface area contributed by atoms with Crippen LogP contribution < -0.4 is 0 Å². The van der Waals surface area contributed by atoms with Crippen LogP contribution in [0.25, 0.3) is 0 Å². The number of hydrogen-bond acceptors (Lipinski definition) is 5. The summed E-state index contributed by atoms with van der Waals surface area (Å²) in [6, 6.07) is 0. The summed E-state index contributed by atoms with van der Waals surface area (Å²) in [7, 11) is -1.97. The summed E-state index contributed by atoms with van der Waals surface area (Å²) in [5.41, 5.74) is 0.265. The van der Waals surface area contributed by atoms with Gasteiger partial charge in [0.05, 0.1) is 17.8 Å². The molecule has 8 atom stereocenters. The first-order chi connectivity index (χ1) is 15.1. The van der Waals surface area contributed by atoms with E-state index in [4.69, 9.17) is 13.9 Å². The summed E-state index contributed by atoms with van der Waals surface area (Å²) in [6.07, 6.45) is 7.24. The second-order valence-electron chi connectivity index (χ2n) is 13.5. The number of ether oxygens (including phenoxy) is 2. The number of fused-ring (bicyclic) bond motifs is 6. The Labute approximate surface area is 200 Å². The van der Waals surface area contributed by atoms with Gasteiger partial charge in [0.2, 0.25) is 0 Å². The van der Waals surface area contributed by atoms with E-state index < -0.39 is 19.7 Å². The van der Waals surface area contributed by atoms with Gasteiger partial charge >= 0.3 is 0 Å². The molecule has 4 fully saturated rings. The maximum Gasteiger partial charge on any atom is 0.184 e. The summed E-state index contributed by atoms with van der Waals surface area (Å²) < 4.78 is 19.7. The Morgan fingerprint density at radius 1 is 1.03 bits per heavy atom. The monoisotopic (exact) mass is 474 g/mol. The van der Waals surface area contributed by atoms with Crippen LogP contribution in [0.4, 0.5) is 0 Å². The average molecular weight is 475 g/mol. The average Bonchev–Trinajstić information content (AvgIpc) is 3.11. The lowest BCUT2D eigenvalue weighted by Gasteiger charge is -2.62. The number of carbonyl (C=O) groups excluding carboxylic acids is 2. The van der Waals surface area contributed by atoms with Gasteiger partial charge in [-0.2, -0.15) is 0 Å². The van der Waals surface area contributed by atoms with E-state index in [-0.39, 0.29) is 52.4 Å². The molecule has 6 heteroatoms.